The average molecular weight is 212 g/mol. The summed E-state index contributed by atoms with van der Waals surface area (Å²) >= 11 is 0. The Bertz CT molecular complexity index is 334. The van der Waals surface area contributed by atoms with Crippen LogP contribution in [0.25, 0.3) is 0 Å². The Hall–Kier alpha value is -0.420. The molecule has 6 saturated carbocycles. The molecule has 6 rings (SSSR count). The molecule has 0 bridgehead atoms. The highest BCUT2D eigenvalue weighted by atomic mass is 19.2. The standard InChI is InChI=1S/C8H2F6/c9-3-1-4(10)6(3,12)2-7(3,13)5(1,11)8(2,4)14/h1-2H. The van der Waals surface area contributed by atoms with Crippen LogP contribution in [0.5, 0.6) is 0 Å². The molecule has 14 heavy (non-hydrogen) atoms. The third-order valence-corrected chi connectivity index (χ3v) is 5.56. The van der Waals surface area contributed by atoms with Crippen molar-refractivity contribution >= 4 is 0 Å². The van der Waals surface area contributed by atoms with E-state index in [1.54, 1.807) is 0 Å². The molecule has 76 valence electrons. The van der Waals surface area contributed by atoms with Crippen molar-refractivity contribution < 1.29 is 26.3 Å². The summed E-state index contributed by atoms with van der Waals surface area (Å²) < 4.78 is 80.8. The predicted molar refractivity (Wildman–Crippen MR) is 30.0 cm³/mol. The van der Waals surface area contributed by atoms with E-state index >= 15 is 0 Å². The third-order valence-electron chi connectivity index (χ3n) is 5.56. The molecular formula is C8H2F6. The van der Waals surface area contributed by atoms with E-state index in [4.69, 9.17) is 0 Å². The molecule has 0 atom stereocenters. The highest BCUT2D eigenvalue weighted by Crippen LogP contribution is 3.13. The van der Waals surface area contributed by atoms with E-state index < -0.39 is 45.8 Å². The third kappa shape index (κ3) is 0.162. The summed E-state index contributed by atoms with van der Waals surface area (Å²) in [6.07, 6.45) is 0. The van der Waals surface area contributed by atoms with Crippen LogP contribution in [-0.2, 0) is 0 Å². The first-order valence-corrected chi connectivity index (χ1v) is 4.37. The molecule has 0 N–H and O–H groups in total. The maximum atomic E-state index is 13.5. The molecule has 0 saturated heterocycles. The Balaban J connectivity index is 1.89. The van der Waals surface area contributed by atoms with Crippen molar-refractivity contribution in [2.45, 2.75) is 34.0 Å². The maximum Gasteiger partial charge on any atom is 0.195 e. The Morgan fingerprint density at radius 1 is 0.429 bits per heavy atom. The van der Waals surface area contributed by atoms with E-state index in [-0.39, 0.29) is 0 Å². The highest BCUT2D eigenvalue weighted by Gasteiger charge is 3.39. The SMILES string of the molecule is FC12C3C4(F)C1(F)C1C2(F)C3(F)C14F. The van der Waals surface area contributed by atoms with Gasteiger partial charge in [-0.2, -0.15) is 0 Å². The molecule has 0 heterocycles. The summed E-state index contributed by atoms with van der Waals surface area (Å²) in [5.41, 5.74) is -18.5. The van der Waals surface area contributed by atoms with Gasteiger partial charge in [0.15, 0.2) is 34.0 Å². The average Bonchev–Trinajstić information content (AvgIpc) is 2.12. The minimum Gasteiger partial charge on any atom is -0.236 e. The number of halogens is 6. The Morgan fingerprint density at radius 3 is 0.714 bits per heavy atom. The summed E-state index contributed by atoms with van der Waals surface area (Å²) in [7, 11) is 0. The quantitative estimate of drug-likeness (QED) is 0.534. The lowest BCUT2D eigenvalue weighted by Crippen LogP contribution is -3.36. The zero-order valence-electron chi connectivity index (χ0n) is 6.42. The Labute approximate surface area is 73.3 Å². The number of rotatable bonds is 0. The lowest BCUT2D eigenvalue weighted by atomic mass is 8.94. The van der Waals surface area contributed by atoms with Gasteiger partial charge in [0.1, 0.15) is 0 Å². The van der Waals surface area contributed by atoms with Gasteiger partial charge in [0, 0.05) is 0 Å². The normalized spacial score (nSPS) is 99.0. The first-order valence-electron chi connectivity index (χ1n) is 4.37. The summed E-state index contributed by atoms with van der Waals surface area (Å²) in [5, 5.41) is 0. The Kier molecular flexibility index (Phi) is 0.485. The van der Waals surface area contributed by atoms with E-state index in [0.717, 1.165) is 0 Å². The van der Waals surface area contributed by atoms with E-state index in [0.29, 0.717) is 0 Å². The van der Waals surface area contributed by atoms with Crippen LogP contribution in [0, 0.1) is 11.8 Å². The summed E-state index contributed by atoms with van der Waals surface area (Å²) in [6.45, 7) is 0. The van der Waals surface area contributed by atoms with Gasteiger partial charge in [0.2, 0.25) is 0 Å². The summed E-state index contributed by atoms with van der Waals surface area (Å²) in [4.78, 5) is 0. The van der Waals surface area contributed by atoms with Crippen molar-refractivity contribution in [3.05, 3.63) is 0 Å². The smallest absolute Gasteiger partial charge is 0.195 e. The minimum absolute atomic E-state index is 2.05. The zero-order valence-corrected chi connectivity index (χ0v) is 6.42. The van der Waals surface area contributed by atoms with Gasteiger partial charge in [-0.25, -0.2) is 26.3 Å². The molecule has 0 aromatic carbocycles. The molecular weight excluding hydrogens is 210 g/mol. The van der Waals surface area contributed by atoms with Gasteiger partial charge >= 0.3 is 0 Å². The second-order valence-corrected chi connectivity index (χ2v) is 5.14. The molecule has 0 aliphatic heterocycles. The van der Waals surface area contributed by atoms with Crippen LogP contribution in [0.1, 0.15) is 0 Å². The van der Waals surface area contributed by atoms with Crippen molar-refractivity contribution in [1.29, 1.82) is 0 Å². The van der Waals surface area contributed by atoms with Crippen molar-refractivity contribution in [2.75, 3.05) is 0 Å². The van der Waals surface area contributed by atoms with Gasteiger partial charge < -0.3 is 0 Å². The van der Waals surface area contributed by atoms with E-state index in [9.17, 15) is 26.3 Å². The van der Waals surface area contributed by atoms with Crippen LogP contribution in [0.2, 0.25) is 0 Å². The van der Waals surface area contributed by atoms with Crippen LogP contribution in [0.3, 0.4) is 0 Å². The largest absolute Gasteiger partial charge is 0.236 e. The number of hydrogen-bond donors (Lipinski definition) is 0. The fourth-order valence-electron chi connectivity index (χ4n) is 5.29. The number of hydrogen-bond acceptors (Lipinski definition) is 0. The van der Waals surface area contributed by atoms with Gasteiger partial charge in [-0.05, 0) is 0 Å². The lowest BCUT2D eigenvalue weighted by Gasteiger charge is -3.10. The molecule has 6 aliphatic carbocycles. The first kappa shape index (κ1) is 6.95. The minimum atomic E-state index is -3.08. The molecule has 6 aliphatic rings. The van der Waals surface area contributed by atoms with Gasteiger partial charge in [0.05, 0.1) is 11.8 Å². The summed E-state index contributed by atoms with van der Waals surface area (Å²) in [6, 6.07) is 0. The highest BCUT2D eigenvalue weighted by molar-refractivity contribution is 5.83. The molecule has 0 aromatic rings. The second kappa shape index (κ2) is 0.976. The van der Waals surface area contributed by atoms with Gasteiger partial charge in [-0.1, -0.05) is 0 Å². The van der Waals surface area contributed by atoms with Gasteiger partial charge in [0.25, 0.3) is 0 Å². The van der Waals surface area contributed by atoms with Crippen LogP contribution in [0.15, 0.2) is 0 Å². The van der Waals surface area contributed by atoms with Crippen molar-refractivity contribution in [3.63, 3.8) is 0 Å². The molecule has 6 fully saturated rings. The van der Waals surface area contributed by atoms with E-state index in [1.165, 1.54) is 0 Å². The Morgan fingerprint density at radius 2 is 0.571 bits per heavy atom. The van der Waals surface area contributed by atoms with E-state index in [1.807, 2.05) is 0 Å². The van der Waals surface area contributed by atoms with Crippen LogP contribution < -0.4 is 0 Å². The predicted octanol–water partition coefficient (Wildman–Crippen LogP) is 1.54. The molecule has 0 radical (unpaired) electrons. The van der Waals surface area contributed by atoms with Gasteiger partial charge in [-0.3, -0.25) is 0 Å². The monoisotopic (exact) mass is 212 g/mol. The molecule has 0 unspecified atom stereocenters. The fraction of sp³-hybridized carbons (Fsp3) is 1.00. The maximum absolute atomic E-state index is 13.5. The van der Waals surface area contributed by atoms with Crippen molar-refractivity contribution in [2.24, 2.45) is 11.8 Å². The van der Waals surface area contributed by atoms with E-state index in [2.05, 4.69) is 0 Å². The van der Waals surface area contributed by atoms with Crippen molar-refractivity contribution in [3.8, 4) is 0 Å². The fourth-order valence-corrected chi connectivity index (χ4v) is 5.29. The van der Waals surface area contributed by atoms with Crippen LogP contribution in [0.4, 0.5) is 26.3 Å². The molecule has 0 nitrogen and oxygen atoms in total. The molecule has 6 heteroatoms. The second-order valence-electron chi connectivity index (χ2n) is 5.14. The molecule has 0 aromatic heterocycles. The lowest BCUT2D eigenvalue weighted by molar-refractivity contribution is -0.748. The molecule has 0 amide bonds. The topological polar surface area (TPSA) is 0 Å². The molecule has 0 spiro atoms. The number of alkyl halides is 6. The zero-order chi connectivity index (χ0) is 10.2. The first-order chi connectivity index (χ1) is 6.23. The van der Waals surface area contributed by atoms with Crippen LogP contribution >= 0.6 is 0 Å². The summed E-state index contributed by atoms with van der Waals surface area (Å²) in [5.74, 6) is -4.10. The van der Waals surface area contributed by atoms with Gasteiger partial charge in [-0.15, -0.1) is 0 Å². The van der Waals surface area contributed by atoms with Crippen molar-refractivity contribution in [1.82, 2.24) is 0 Å². The van der Waals surface area contributed by atoms with Crippen LogP contribution in [-0.4, -0.2) is 34.0 Å².